The zero-order chi connectivity index (χ0) is 21.6. The molecule has 1 aromatic carbocycles. The number of thiocarbonyl (C=S) groups is 1. The van der Waals surface area contributed by atoms with E-state index in [1.165, 1.54) is 12.8 Å². The molecular formula is C24H33N3O2S. The number of hydrogen-bond donors (Lipinski definition) is 3. The van der Waals surface area contributed by atoms with Crippen molar-refractivity contribution in [1.82, 2.24) is 5.43 Å². The summed E-state index contributed by atoms with van der Waals surface area (Å²) in [7, 11) is 0. The Hall–Kier alpha value is -2.21. The standard InChI is InChI=1S/C24H33N3O2S/c1-24(2)18-14-17(16-25-27-23(30)26-19-10-6-5-7-11-19)20(21(24)15-18)12-8-3-4-9-13-22(28)29/h3,5-8,10-11,16-18,20-21H,4,9,12-15H2,1-2H3,(H,28,29)(H2,26,27,30)/t17-,18?,20-,21?/m0/s1. The molecule has 2 bridgehead atoms. The second kappa shape index (κ2) is 10.2. The van der Waals surface area contributed by atoms with Crippen LogP contribution in [0.5, 0.6) is 0 Å². The number of aliphatic carboxylic acids is 1. The maximum absolute atomic E-state index is 10.6. The molecule has 0 spiro atoms. The summed E-state index contributed by atoms with van der Waals surface area (Å²) in [6.07, 6.45) is 11.7. The van der Waals surface area contributed by atoms with Crippen molar-refractivity contribution < 1.29 is 9.90 Å². The van der Waals surface area contributed by atoms with Crippen LogP contribution in [0.25, 0.3) is 0 Å². The van der Waals surface area contributed by atoms with Gasteiger partial charge in [-0.15, -0.1) is 0 Å². The predicted molar refractivity (Wildman–Crippen MR) is 127 cm³/mol. The van der Waals surface area contributed by atoms with Gasteiger partial charge in [-0.1, -0.05) is 44.2 Å². The maximum Gasteiger partial charge on any atom is 0.303 e. The summed E-state index contributed by atoms with van der Waals surface area (Å²) in [5, 5.41) is 16.8. The fourth-order valence-electron chi connectivity index (χ4n) is 5.11. The van der Waals surface area contributed by atoms with Crippen molar-refractivity contribution in [3.05, 3.63) is 42.5 Å². The summed E-state index contributed by atoms with van der Waals surface area (Å²) < 4.78 is 0. The molecule has 3 saturated carbocycles. The normalized spacial score (nSPS) is 27.0. The highest BCUT2D eigenvalue weighted by atomic mass is 32.1. The molecule has 30 heavy (non-hydrogen) atoms. The molecule has 3 N–H and O–H groups in total. The number of anilines is 1. The predicted octanol–water partition coefficient (Wildman–Crippen LogP) is 5.46. The van der Waals surface area contributed by atoms with E-state index in [9.17, 15) is 4.79 Å². The summed E-state index contributed by atoms with van der Waals surface area (Å²) in [6.45, 7) is 4.81. The van der Waals surface area contributed by atoms with Crippen LogP contribution in [0, 0.1) is 29.1 Å². The van der Waals surface area contributed by atoms with Crippen LogP contribution in [-0.4, -0.2) is 22.4 Å². The molecule has 0 heterocycles. The van der Waals surface area contributed by atoms with Gasteiger partial charge in [0.15, 0.2) is 5.11 Å². The molecule has 0 aliphatic heterocycles. The molecule has 1 aromatic rings. The number of hydrogen-bond acceptors (Lipinski definition) is 3. The third-order valence-electron chi connectivity index (χ3n) is 6.97. The van der Waals surface area contributed by atoms with Crippen LogP contribution in [0.1, 0.15) is 52.4 Å². The van der Waals surface area contributed by atoms with Gasteiger partial charge in [0.2, 0.25) is 0 Å². The van der Waals surface area contributed by atoms with Gasteiger partial charge in [0.25, 0.3) is 0 Å². The van der Waals surface area contributed by atoms with Crippen LogP contribution in [0.15, 0.2) is 47.6 Å². The van der Waals surface area contributed by atoms with Gasteiger partial charge in [-0.3, -0.25) is 10.2 Å². The highest BCUT2D eigenvalue weighted by Gasteiger charge is 2.56. The van der Waals surface area contributed by atoms with Crippen LogP contribution in [-0.2, 0) is 4.79 Å². The molecule has 6 heteroatoms. The number of nitrogens with zero attached hydrogens (tertiary/aromatic N) is 1. The first-order valence-electron chi connectivity index (χ1n) is 10.9. The van der Waals surface area contributed by atoms with E-state index >= 15 is 0 Å². The van der Waals surface area contributed by atoms with Crippen LogP contribution < -0.4 is 10.7 Å². The molecule has 3 aliphatic rings. The molecule has 162 valence electrons. The van der Waals surface area contributed by atoms with Gasteiger partial charge in [-0.2, -0.15) is 5.10 Å². The number of carboxylic acids is 1. The number of allylic oxidation sites excluding steroid dienone is 2. The number of carbonyl (C=O) groups is 1. The van der Waals surface area contributed by atoms with Crippen LogP contribution >= 0.6 is 12.2 Å². The van der Waals surface area contributed by atoms with E-state index < -0.39 is 5.97 Å². The first kappa shape index (κ1) is 22.5. The van der Waals surface area contributed by atoms with Gasteiger partial charge in [0.1, 0.15) is 0 Å². The average Bonchev–Trinajstić information content (AvgIpc) is 2.71. The largest absolute Gasteiger partial charge is 0.481 e. The maximum atomic E-state index is 10.6. The Kier molecular flexibility index (Phi) is 7.64. The van der Waals surface area contributed by atoms with E-state index in [2.05, 4.69) is 48.1 Å². The Morgan fingerprint density at radius 2 is 2.03 bits per heavy atom. The molecule has 5 nitrogen and oxygen atoms in total. The third kappa shape index (κ3) is 5.69. The van der Waals surface area contributed by atoms with E-state index in [1.807, 2.05) is 30.3 Å². The van der Waals surface area contributed by atoms with Crippen LogP contribution in [0.2, 0.25) is 0 Å². The summed E-state index contributed by atoms with van der Waals surface area (Å²) in [5.74, 6) is 1.77. The van der Waals surface area contributed by atoms with Crippen molar-refractivity contribution >= 4 is 35.2 Å². The quantitative estimate of drug-likeness (QED) is 0.160. The SMILES string of the molecule is CC1(C)C2CC1[C@@H](CC=CCCCC(=O)O)[C@H](C=NNC(=S)Nc1ccccc1)C2. The number of nitrogens with one attached hydrogen (secondary N) is 2. The highest BCUT2D eigenvalue weighted by Crippen LogP contribution is 2.63. The summed E-state index contributed by atoms with van der Waals surface area (Å²) in [6, 6.07) is 9.82. The molecule has 4 rings (SSSR count). The van der Waals surface area contributed by atoms with E-state index in [-0.39, 0.29) is 6.42 Å². The van der Waals surface area contributed by atoms with Crippen LogP contribution in [0.4, 0.5) is 5.69 Å². The Balaban J connectivity index is 1.52. The van der Waals surface area contributed by atoms with Crippen molar-refractivity contribution in [2.24, 2.45) is 34.2 Å². The lowest BCUT2D eigenvalue weighted by molar-refractivity contribution is -0.137. The molecule has 2 unspecified atom stereocenters. The van der Waals surface area contributed by atoms with Gasteiger partial charge in [-0.25, -0.2) is 0 Å². The second-order valence-electron chi connectivity index (χ2n) is 9.13. The van der Waals surface area contributed by atoms with E-state index in [0.29, 0.717) is 34.7 Å². The lowest BCUT2D eigenvalue weighted by Gasteiger charge is -2.62. The summed E-state index contributed by atoms with van der Waals surface area (Å²) >= 11 is 5.34. The first-order chi connectivity index (χ1) is 14.4. The summed E-state index contributed by atoms with van der Waals surface area (Å²) in [4.78, 5) is 10.6. The Morgan fingerprint density at radius 1 is 1.27 bits per heavy atom. The van der Waals surface area contributed by atoms with E-state index in [0.717, 1.165) is 24.4 Å². The molecule has 0 amide bonds. The fourth-order valence-corrected chi connectivity index (χ4v) is 5.28. The van der Waals surface area contributed by atoms with Gasteiger partial charge in [0.05, 0.1) is 0 Å². The van der Waals surface area contributed by atoms with Crippen molar-refractivity contribution in [3.63, 3.8) is 0 Å². The molecule has 0 saturated heterocycles. The number of para-hydroxylation sites is 1. The topological polar surface area (TPSA) is 73.7 Å². The van der Waals surface area contributed by atoms with Crippen molar-refractivity contribution in [2.75, 3.05) is 5.32 Å². The number of unbranched alkanes of at least 4 members (excludes halogenated alkanes) is 1. The minimum absolute atomic E-state index is 0.239. The van der Waals surface area contributed by atoms with Gasteiger partial charge in [0, 0.05) is 18.3 Å². The molecule has 3 aliphatic carbocycles. The Bertz CT molecular complexity index is 791. The second-order valence-corrected chi connectivity index (χ2v) is 9.54. The average molecular weight is 428 g/mol. The fraction of sp³-hybridized carbons (Fsp3) is 0.542. The zero-order valence-corrected chi connectivity index (χ0v) is 18.7. The lowest BCUT2D eigenvalue weighted by atomic mass is 9.43. The number of rotatable bonds is 9. The molecular weight excluding hydrogens is 394 g/mol. The molecule has 0 aromatic heterocycles. The zero-order valence-electron chi connectivity index (χ0n) is 17.9. The Morgan fingerprint density at radius 3 is 2.73 bits per heavy atom. The van der Waals surface area contributed by atoms with Crippen molar-refractivity contribution in [1.29, 1.82) is 0 Å². The smallest absolute Gasteiger partial charge is 0.303 e. The van der Waals surface area contributed by atoms with Gasteiger partial charge < -0.3 is 10.4 Å². The van der Waals surface area contributed by atoms with E-state index in [1.54, 1.807) is 0 Å². The molecule has 4 atom stereocenters. The van der Waals surface area contributed by atoms with Gasteiger partial charge >= 0.3 is 5.97 Å². The Labute approximate surface area is 185 Å². The summed E-state index contributed by atoms with van der Waals surface area (Å²) in [5.41, 5.74) is 4.31. The van der Waals surface area contributed by atoms with Crippen molar-refractivity contribution in [3.8, 4) is 0 Å². The van der Waals surface area contributed by atoms with Gasteiger partial charge in [-0.05, 0) is 85.5 Å². The molecule has 3 fully saturated rings. The first-order valence-corrected chi connectivity index (χ1v) is 11.3. The number of carboxylic acid groups (broad SMARTS) is 1. The number of benzene rings is 1. The van der Waals surface area contributed by atoms with Crippen molar-refractivity contribution in [2.45, 2.75) is 52.4 Å². The highest BCUT2D eigenvalue weighted by molar-refractivity contribution is 7.80. The third-order valence-corrected chi connectivity index (χ3v) is 7.16. The minimum Gasteiger partial charge on any atom is -0.481 e. The number of hydrazone groups is 1. The monoisotopic (exact) mass is 427 g/mol. The van der Waals surface area contributed by atoms with E-state index in [4.69, 9.17) is 17.3 Å². The minimum atomic E-state index is -0.721. The lowest BCUT2D eigenvalue weighted by Crippen LogP contribution is -2.56. The number of fused-ring (bicyclic) bond motifs is 2. The molecule has 0 radical (unpaired) electrons. The van der Waals surface area contributed by atoms with Crippen LogP contribution in [0.3, 0.4) is 0 Å².